The number of nitrogens with zero attached hydrogens (tertiary/aromatic N) is 2. The van der Waals surface area contributed by atoms with Gasteiger partial charge in [-0.25, -0.2) is 0 Å². The van der Waals surface area contributed by atoms with Crippen molar-refractivity contribution in [1.29, 1.82) is 0 Å². The summed E-state index contributed by atoms with van der Waals surface area (Å²) in [4.78, 5) is 2.66. The number of para-hydroxylation sites is 1. The number of rotatable bonds is 1. The predicted molar refractivity (Wildman–Crippen MR) is 288 cm³/mol. The summed E-state index contributed by atoms with van der Waals surface area (Å²) in [5, 5.41) is 6.98. The van der Waals surface area contributed by atoms with Crippen molar-refractivity contribution in [2.45, 2.75) is 97.8 Å². The average molecular weight is 883 g/mol. The molecule has 3 aromatic heterocycles. The van der Waals surface area contributed by atoms with Crippen molar-refractivity contribution in [1.82, 2.24) is 4.57 Å². The molecule has 0 spiro atoms. The Morgan fingerprint density at radius 2 is 1.16 bits per heavy atom. The summed E-state index contributed by atoms with van der Waals surface area (Å²) in [6.07, 6.45) is 0. The zero-order chi connectivity index (χ0) is 46.7. The third-order valence-electron chi connectivity index (χ3n) is 16.2. The molecule has 1 aliphatic carbocycles. The minimum Gasteiger partial charge on any atom is -0.456 e. The summed E-state index contributed by atoms with van der Waals surface area (Å²) in [5.74, 6) is 0. The maximum Gasteiger partial charge on any atom is 0.333 e. The Balaban J connectivity index is 1.21. The molecule has 8 aromatic carbocycles. The first-order valence-corrected chi connectivity index (χ1v) is 24.5. The molecule has 0 unspecified atom stereocenters. The van der Waals surface area contributed by atoms with Crippen LogP contribution in [0.15, 0.2) is 142 Å². The minimum absolute atomic E-state index is 0.00279. The summed E-state index contributed by atoms with van der Waals surface area (Å²) in [7, 11) is 0. The smallest absolute Gasteiger partial charge is 0.333 e. The monoisotopic (exact) mass is 882 g/mol. The van der Waals surface area contributed by atoms with Gasteiger partial charge in [0.15, 0.2) is 0 Å². The topological polar surface area (TPSA) is 34.5 Å². The van der Waals surface area contributed by atoms with Gasteiger partial charge in [-0.3, -0.25) is 0 Å². The van der Waals surface area contributed by atoms with Crippen LogP contribution in [0.2, 0.25) is 0 Å². The molecule has 0 fully saturated rings. The van der Waals surface area contributed by atoms with Gasteiger partial charge in [-0.05, 0) is 120 Å². The third kappa shape index (κ3) is 5.12. The highest BCUT2D eigenvalue weighted by atomic mass is 16.3. The van der Waals surface area contributed by atoms with Crippen molar-refractivity contribution in [3.8, 4) is 27.9 Å². The lowest BCUT2D eigenvalue weighted by molar-refractivity contribution is 0.587. The summed E-state index contributed by atoms with van der Waals surface area (Å²) in [6.45, 7) is 25.3. The number of aromatic nitrogens is 1. The molecule has 2 aliphatic heterocycles. The SMILES string of the molecule is CC(C)(C)c1ccc(N2B3c4cc5c(cc4-n4c6ccc(C(C)(C)C)cc6c6c7oc8ccccc8c7c(c3c64)-c3cc4c(cc32)oc2cc(C(C)(C)C)ccc24)-c2ccccc2C5(C)C)cc1. The quantitative estimate of drug-likeness (QED) is 0.154. The van der Waals surface area contributed by atoms with Crippen LogP contribution >= 0.6 is 0 Å². The number of furan rings is 2. The van der Waals surface area contributed by atoms with Gasteiger partial charge in [0.05, 0.1) is 16.4 Å². The van der Waals surface area contributed by atoms with Crippen molar-refractivity contribution >= 4 is 94.8 Å². The Bertz CT molecular complexity index is 4060. The lowest BCUT2D eigenvalue weighted by Crippen LogP contribution is -2.60. The predicted octanol–water partition coefficient (Wildman–Crippen LogP) is 16.0. The molecule has 14 rings (SSSR count). The van der Waals surface area contributed by atoms with E-state index < -0.39 is 0 Å². The van der Waals surface area contributed by atoms with Gasteiger partial charge in [-0.15, -0.1) is 0 Å². The van der Waals surface area contributed by atoms with Crippen LogP contribution in [0.4, 0.5) is 11.4 Å². The highest BCUT2D eigenvalue weighted by Crippen LogP contribution is 2.55. The summed E-state index contributed by atoms with van der Waals surface area (Å²) < 4.78 is 16.9. The highest BCUT2D eigenvalue weighted by Gasteiger charge is 2.48. The molecule has 0 N–H and O–H groups in total. The zero-order valence-electron chi connectivity index (χ0n) is 41.0. The second-order valence-corrected chi connectivity index (χ2v) is 23.8. The Morgan fingerprint density at radius 1 is 0.485 bits per heavy atom. The fourth-order valence-corrected chi connectivity index (χ4v) is 12.6. The molecule has 4 nitrogen and oxygen atoms in total. The van der Waals surface area contributed by atoms with Gasteiger partial charge in [0, 0.05) is 61.0 Å². The second-order valence-electron chi connectivity index (χ2n) is 23.8. The number of anilines is 2. The maximum atomic E-state index is 7.29. The Morgan fingerprint density at radius 3 is 1.93 bits per heavy atom. The van der Waals surface area contributed by atoms with E-state index in [0.717, 1.165) is 49.9 Å². The Labute approximate surface area is 398 Å². The van der Waals surface area contributed by atoms with Gasteiger partial charge in [0.25, 0.3) is 0 Å². The molecule has 0 amide bonds. The number of benzene rings is 8. The fourth-order valence-electron chi connectivity index (χ4n) is 12.6. The van der Waals surface area contributed by atoms with E-state index in [-0.39, 0.29) is 28.5 Å². The molecule has 0 saturated heterocycles. The van der Waals surface area contributed by atoms with E-state index in [2.05, 4.69) is 219 Å². The van der Waals surface area contributed by atoms with Crippen LogP contribution in [0.5, 0.6) is 0 Å². The molecule has 0 saturated carbocycles. The van der Waals surface area contributed by atoms with Gasteiger partial charge in [-0.1, -0.05) is 155 Å². The first-order chi connectivity index (χ1) is 32.4. The van der Waals surface area contributed by atoms with Crippen molar-refractivity contribution < 1.29 is 8.83 Å². The molecule has 3 aliphatic rings. The average Bonchev–Trinajstić information content (AvgIpc) is 4.03. The van der Waals surface area contributed by atoms with E-state index in [0.29, 0.717) is 0 Å². The molecular weight excluding hydrogens is 828 g/mol. The van der Waals surface area contributed by atoms with Gasteiger partial charge >= 0.3 is 6.85 Å². The van der Waals surface area contributed by atoms with E-state index in [1.165, 1.54) is 93.9 Å². The third-order valence-corrected chi connectivity index (χ3v) is 16.2. The van der Waals surface area contributed by atoms with Crippen LogP contribution in [0.1, 0.15) is 104 Å². The van der Waals surface area contributed by atoms with Gasteiger partial charge in [0.2, 0.25) is 0 Å². The van der Waals surface area contributed by atoms with E-state index in [1.807, 2.05) is 0 Å². The molecule has 5 heterocycles. The van der Waals surface area contributed by atoms with Crippen LogP contribution in [0, 0.1) is 0 Å². The van der Waals surface area contributed by atoms with Crippen LogP contribution < -0.4 is 15.7 Å². The largest absolute Gasteiger partial charge is 0.456 e. The standard InChI is InChI=1S/C63H55BN2O2/c1-60(2,3)34-20-24-37(25-21-34)66-49-33-53-42(39-26-22-36(62(7,8)9)29-52(39)67-53)30-44(49)54-55-40-17-13-15-19-51(40)68-59(55)56-43-28-35(61(4,5)6)23-27-48(43)65-50-31-41-38-16-12-14-18-45(38)63(10,11)46(41)32-47(50)64(66)57(54)58(56)65/h12-33H,1-11H3. The lowest BCUT2D eigenvalue weighted by atomic mass is 9.43. The second kappa shape index (κ2) is 12.8. The number of fused-ring (bicyclic) bond motifs is 19. The van der Waals surface area contributed by atoms with Crippen LogP contribution in [-0.4, -0.2) is 11.4 Å². The van der Waals surface area contributed by atoms with Crippen molar-refractivity contribution in [3.05, 3.63) is 161 Å². The van der Waals surface area contributed by atoms with E-state index in [4.69, 9.17) is 8.83 Å². The zero-order valence-corrected chi connectivity index (χ0v) is 41.0. The normalized spacial score (nSPS) is 15.0. The summed E-state index contributed by atoms with van der Waals surface area (Å²) in [5.41, 5.74) is 23.7. The first kappa shape index (κ1) is 40.1. The molecule has 11 aromatic rings. The molecule has 0 radical (unpaired) electrons. The summed E-state index contributed by atoms with van der Waals surface area (Å²) in [6, 6.07) is 51.1. The van der Waals surface area contributed by atoms with Crippen molar-refractivity contribution in [2.24, 2.45) is 0 Å². The minimum atomic E-state index is -0.192. The van der Waals surface area contributed by atoms with Crippen molar-refractivity contribution in [3.63, 3.8) is 0 Å². The van der Waals surface area contributed by atoms with E-state index in [9.17, 15) is 0 Å². The molecule has 5 heteroatoms. The van der Waals surface area contributed by atoms with E-state index in [1.54, 1.807) is 0 Å². The Hall–Kier alpha value is -6.98. The molecule has 0 atom stereocenters. The van der Waals surface area contributed by atoms with Crippen LogP contribution in [-0.2, 0) is 21.7 Å². The molecule has 68 heavy (non-hydrogen) atoms. The maximum absolute atomic E-state index is 7.29. The van der Waals surface area contributed by atoms with Crippen LogP contribution in [0.25, 0.3) is 93.6 Å². The van der Waals surface area contributed by atoms with E-state index >= 15 is 0 Å². The first-order valence-electron chi connectivity index (χ1n) is 24.5. The number of hydrogen-bond donors (Lipinski definition) is 0. The highest BCUT2D eigenvalue weighted by molar-refractivity contribution is 6.94. The molecule has 0 bridgehead atoms. The lowest BCUT2D eigenvalue weighted by Gasteiger charge is -2.42. The van der Waals surface area contributed by atoms with Gasteiger partial charge in [-0.2, -0.15) is 0 Å². The fraction of sp³-hybridized carbons (Fsp3) is 0.238. The van der Waals surface area contributed by atoms with Crippen LogP contribution in [0.3, 0.4) is 0 Å². The molecule has 332 valence electrons. The van der Waals surface area contributed by atoms with Gasteiger partial charge in [0.1, 0.15) is 22.3 Å². The van der Waals surface area contributed by atoms with Crippen molar-refractivity contribution in [2.75, 3.05) is 4.81 Å². The Kier molecular flexibility index (Phi) is 7.53. The van der Waals surface area contributed by atoms with Gasteiger partial charge < -0.3 is 18.2 Å². The number of hydrogen-bond acceptors (Lipinski definition) is 3. The summed E-state index contributed by atoms with van der Waals surface area (Å²) >= 11 is 0. The molecular formula is C63H55BN2O2.